The van der Waals surface area contributed by atoms with Gasteiger partial charge in [0.05, 0.1) is 15.8 Å². The molecule has 0 bridgehead atoms. The van der Waals surface area contributed by atoms with Crippen LogP contribution in [0.1, 0.15) is 0 Å². The number of nitrogens with one attached hydrogen (secondary N) is 1. The largest absolute Gasteiger partial charge is 0.238 e. The van der Waals surface area contributed by atoms with E-state index in [4.69, 9.17) is 0 Å². The maximum atomic E-state index is 12.3. The van der Waals surface area contributed by atoms with Crippen molar-refractivity contribution in [3.8, 4) is 0 Å². The van der Waals surface area contributed by atoms with E-state index < -0.39 is 22.0 Å². The first-order valence-corrected chi connectivity index (χ1v) is 8.95. The molecule has 2 aromatic carbocycles. The highest BCUT2D eigenvalue weighted by molar-refractivity contribution is 7.83. The van der Waals surface area contributed by atoms with Gasteiger partial charge in [0.2, 0.25) is 0 Å². The van der Waals surface area contributed by atoms with Gasteiger partial charge in [-0.2, -0.15) is 0 Å². The van der Waals surface area contributed by atoms with Crippen LogP contribution in [0.5, 0.6) is 0 Å². The number of nitrogens with zero attached hydrogens (tertiary/aromatic N) is 1. The Morgan fingerprint density at radius 2 is 1.52 bits per heavy atom. The van der Waals surface area contributed by atoms with Crippen molar-refractivity contribution in [1.82, 2.24) is 9.03 Å². The molecule has 1 saturated heterocycles. The van der Waals surface area contributed by atoms with Gasteiger partial charge in [-0.05, 0) is 24.3 Å². The molecule has 1 heterocycles. The molecule has 0 amide bonds. The predicted molar refractivity (Wildman–Crippen MR) is 84.2 cm³/mol. The molecule has 1 fully saturated rings. The molecule has 4 atom stereocenters. The number of hydrogen-bond donors (Lipinski definition) is 1. The lowest BCUT2D eigenvalue weighted by Gasteiger charge is -2.05. The molecule has 1 aliphatic heterocycles. The molecule has 110 valence electrons. The van der Waals surface area contributed by atoms with Crippen molar-refractivity contribution in [2.24, 2.45) is 0 Å². The van der Waals surface area contributed by atoms with Gasteiger partial charge in [0.1, 0.15) is 22.0 Å². The van der Waals surface area contributed by atoms with Crippen molar-refractivity contribution < 1.29 is 8.42 Å². The zero-order valence-corrected chi connectivity index (χ0v) is 13.0. The van der Waals surface area contributed by atoms with Gasteiger partial charge in [0, 0.05) is 13.1 Å². The summed E-state index contributed by atoms with van der Waals surface area (Å²) in [6.45, 7) is 1.33. The maximum absolute atomic E-state index is 12.3. The van der Waals surface area contributed by atoms with Gasteiger partial charge in [-0.25, -0.2) is 17.4 Å². The topological polar surface area (TPSA) is 49.2 Å². The van der Waals surface area contributed by atoms with Crippen molar-refractivity contribution in [1.29, 1.82) is 0 Å². The van der Waals surface area contributed by atoms with E-state index in [1.54, 1.807) is 0 Å². The summed E-state index contributed by atoms with van der Waals surface area (Å²) in [4.78, 5) is 1.57. The smallest absolute Gasteiger partial charge is 0.128 e. The van der Waals surface area contributed by atoms with Gasteiger partial charge >= 0.3 is 0 Å². The first-order valence-electron chi connectivity index (χ1n) is 6.69. The zero-order valence-electron chi connectivity index (χ0n) is 11.3. The van der Waals surface area contributed by atoms with E-state index in [9.17, 15) is 8.42 Å². The van der Waals surface area contributed by atoms with E-state index in [-0.39, 0.29) is 6.04 Å². The molecule has 0 saturated carbocycles. The molecule has 2 aromatic rings. The fraction of sp³-hybridized carbons (Fsp3) is 0.200. The Bertz CT molecular complexity index is 649. The van der Waals surface area contributed by atoms with Crippen LogP contribution >= 0.6 is 0 Å². The monoisotopic (exact) mass is 320 g/mol. The lowest BCUT2D eigenvalue weighted by Crippen LogP contribution is -2.24. The summed E-state index contributed by atoms with van der Waals surface area (Å²) in [6, 6.07) is 18.9. The van der Waals surface area contributed by atoms with Crippen molar-refractivity contribution >= 4 is 22.0 Å². The lowest BCUT2D eigenvalue weighted by atomic mass is 10.4. The second kappa shape index (κ2) is 6.62. The minimum Gasteiger partial charge on any atom is -0.238 e. The Kier molecular flexibility index (Phi) is 4.60. The third-order valence-electron chi connectivity index (χ3n) is 3.23. The predicted octanol–water partition coefficient (Wildman–Crippen LogP) is 1.71. The molecule has 21 heavy (non-hydrogen) atoms. The summed E-state index contributed by atoms with van der Waals surface area (Å²) in [5.41, 5.74) is 0. The molecule has 0 aliphatic carbocycles. The first-order chi connectivity index (χ1) is 10.3. The molecule has 1 aliphatic rings. The van der Waals surface area contributed by atoms with Gasteiger partial charge in [0.25, 0.3) is 0 Å². The van der Waals surface area contributed by atoms with Crippen molar-refractivity contribution in [2.45, 2.75) is 15.8 Å². The second-order valence-corrected chi connectivity index (χ2v) is 7.48. The summed E-state index contributed by atoms with van der Waals surface area (Å²) < 4.78 is 29.2. The SMILES string of the molecule is O=S(NCC1CN1S(=O)c1ccccc1)c1ccccc1. The molecule has 3 rings (SSSR count). The quantitative estimate of drug-likeness (QED) is 0.824. The van der Waals surface area contributed by atoms with Crippen molar-refractivity contribution in [3.05, 3.63) is 60.7 Å². The summed E-state index contributed by atoms with van der Waals surface area (Å²) in [5, 5.41) is 0. The van der Waals surface area contributed by atoms with Crippen molar-refractivity contribution in [3.63, 3.8) is 0 Å². The Hall–Kier alpha value is -1.34. The van der Waals surface area contributed by atoms with Gasteiger partial charge in [-0.1, -0.05) is 36.4 Å². The molecule has 4 unspecified atom stereocenters. The Labute approximate surface area is 129 Å². The summed E-state index contributed by atoms with van der Waals surface area (Å²) in [6.07, 6.45) is 0. The highest BCUT2D eigenvalue weighted by Gasteiger charge is 2.39. The van der Waals surface area contributed by atoms with Crippen LogP contribution in [0.2, 0.25) is 0 Å². The highest BCUT2D eigenvalue weighted by atomic mass is 32.2. The molecule has 6 heteroatoms. The summed E-state index contributed by atoms with van der Waals surface area (Å²) in [7, 11) is -2.33. The average Bonchev–Trinajstić information content (AvgIpc) is 3.33. The summed E-state index contributed by atoms with van der Waals surface area (Å²) in [5.74, 6) is 0. The van der Waals surface area contributed by atoms with Gasteiger partial charge < -0.3 is 0 Å². The molecule has 0 spiro atoms. The third kappa shape index (κ3) is 3.65. The first kappa shape index (κ1) is 14.6. The molecule has 0 aromatic heterocycles. The van der Waals surface area contributed by atoms with Crippen LogP contribution in [0.4, 0.5) is 0 Å². The molecule has 4 nitrogen and oxygen atoms in total. The van der Waals surface area contributed by atoms with Crippen LogP contribution in [0.25, 0.3) is 0 Å². The van der Waals surface area contributed by atoms with Crippen LogP contribution in [0.3, 0.4) is 0 Å². The fourth-order valence-electron chi connectivity index (χ4n) is 2.00. The molecule has 0 radical (unpaired) electrons. The van der Waals surface area contributed by atoms with Gasteiger partial charge in [0.15, 0.2) is 0 Å². The molecular weight excluding hydrogens is 304 g/mol. The van der Waals surface area contributed by atoms with E-state index in [0.29, 0.717) is 6.54 Å². The van der Waals surface area contributed by atoms with Crippen LogP contribution in [-0.2, 0) is 22.0 Å². The standard InChI is InChI=1S/C15H16N2O2S2/c18-20(14-7-3-1-4-8-14)16-11-13-12-17(13)21(19)15-9-5-2-6-10-15/h1-10,13,16H,11-12H2. The van der Waals surface area contributed by atoms with E-state index in [1.165, 1.54) is 0 Å². The third-order valence-corrected chi connectivity index (χ3v) is 5.91. The Morgan fingerprint density at radius 1 is 0.952 bits per heavy atom. The van der Waals surface area contributed by atoms with Crippen LogP contribution in [0, 0.1) is 0 Å². The van der Waals surface area contributed by atoms with Crippen LogP contribution in [-0.4, -0.2) is 31.9 Å². The van der Waals surface area contributed by atoms with E-state index in [1.807, 2.05) is 65.0 Å². The molecular formula is C15H16N2O2S2. The number of rotatable bonds is 6. The number of benzene rings is 2. The van der Waals surface area contributed by atoms with Gasteiger partial charge in [-0.15, -0.1) is 0 Å². The minimum atomic E-state index is -1.21. The van der Waals surface area contributed by atoms with Crippen LogP contribution in [0.15, 0.2) is 70.5 Å². The lowest BCUT2D eigenvalue weighted by molar-refractivity contribution is 0.635. The average molecular weight is 320 g/mol. The number of hydrogen-bond acceptors (Lipinski definition) is 2. The summed E-state index contributed by atoms with van der Waals surface area (Å²) >= 11 is 0. The van der Waals surface area contributed by atoms with E-state index in [2.05, 4.69) is 4.72 Å². The van der Waals surface area contributed by atoms with E-state index in [0.717, 1.165) is 16.3 Å². The molecule has 1 N–H and O–H groups in total. The Morgan fingerprint density at radius 3 is 2.14 bits per heavy atom. The Balaban J connectivity index is 1.51. The van der Waals surface area contributed by atoms with Gasteiger partial charge in [-0.3, -0.25) is 0 Å². The fourth-order valence-corrected chi connectivity index (χ4v) is 4.23. The van der Waals surface area contributed by atoms with Crippen molar-refractivity contribution in [2.75, 3.05) is 13.1 Å². The maximum Gasteiger partial charge on any atom is 0.128 e. The minimum absolute atomic E-state index is 0.179. The normalized spacial score (nSPS) is 23.4. The highest BCUT2D eigenvalue weighted by Crippen LogP contribution is 2.24. The van der Waals surface area contributed by atoms with E-state index >= 15 is 0 Å². The van der Waals surface area contributed by atoms with Crippen LogP contribution < -0.4 is 4.72 Å². The zero-order chi connectivity index (χ0) is 14.7. The second-order valence-electron chi connectivity index (χ2n) is 4.75.